The molecule has 0 radical (unpaired) electrons. The van der Waals surface area contributed by atoms with E-state index in [0.29, 0.717) is 32.8 Å². The number of nitrogens with two attached hydrogens (primary N) is 1. The Morgan fingerprint density at radius 3 is 2.41 bits per heavy atom. The van der Waals surface area contributed by atoms with E-state index in [4.69, 9.17) is 17.3 Å². The quantitative estimate of drug-likeness (QED) is 0.130. The van der Waals surface area contributed by atoms with Gasteiger partial charge in [0.15, 0.2) is 11.5 Å². The van der Waals surface area contributed by atoms with E-state index >= 15 is 8.78 Å². The van der Waals surface area contributed by atoms with E-state index in [2.05, 4.69) is 44.2 Å². The van der Waals surface area contributed by atoms with Crippen LogP contribution in [0.5, 0.6) is 0 Å². The van der Waals surface area contributed by atoms with Crippen LogP contribution in [0.15, 0.2) is 42.5 Å². The van der Waals surface area contributed by atoms with Crippen LogP contribution in [0.1, 0.15) is 59.7 Å². The minimum atomic E-state index is -5.12. The van der Waals surface area contributed by atoms with Crippen molar-refractivity contribution in [3.8, 4) is 34.8 Å². The number of nitrogens with zero attached hydrogens (tertiary/aromatic N) is 5. The van der Waals surface area contributed by atoms with E-state index in [0.717, 1.165) is 12.1 Å². The van der Waals surface area contributed by atoms with Gasteiger partial charge in [-0.05, 0) is 62.1 Å². The van der Waals surface area contributed by atoms with Crippen molar-refractivity contribution in [2.24, 2.45) is 13.0 Å². The number of rotatable bonds is 7. The van der Waals surface area contributed by atoms with Gasteiger partial charge in [-0.3, -0.25) is 14.2 Å². The molecule has 278 valence electrons. The Balaban J connectivity index is 1.37. The van der Waals surface area contributed by atoms with Crippen LogP contribution < -0.4 is 11.1 Å². The molecule has 2 aliphatic rings. The molecule has 1 amide bonds. The highest BCUT2D eigenvalue weighted by Crippen LogP contribution is 2.58. The van der Waals surface area contributed by atoms with Gasteiger partial charge in [-0.25, -0.2) is 13.8 Å². The van der Waals surface area contributed by atoms with Gasteiger partial charge in [0.2, 0.25) is 5.91 Å². The molecule has 3 atom stereocenters. The average molecular weight is 770 g/mol. The number of nitrogen functional groups attached to an aromatic ring is 1. The molecular weight excluding hydrogens is 743 g/mol. The van der Waals surface area contributed by atoms with Gasteiger partial charge in [-0.2, -0.15) is 32.1 Å². The number of hydrogen-bond donors (Lipinski definition) is 3. The van der Waals surface area contributed by atoms with Crippen molar-refractivity contribution in [3.63, 3.8) is 0 Å². The van der Waals surface area contributed by atoms with Crippen LogP contribution in [0.25, 0.3) is 22.0 Å². The highest BCUT2D eigenvalue weighted by atomic mass is 35.5. The summed E-state index contributed by atoms with van der Waals surface area (Å²) in [5, 5.41) is 21.2. The van der Waals surface area contributed by atoms with Crippen LogP contribution in [0.2, 0.25) is 5.02 Å². The molecule has 0 aliphatic heterocycles. The molecule has 5 aromatic rings. The minimum absolute atomic E-state index is 0.0316. The van der Waals surface area contributed by atoms with E-state index in [1.807, 2.05) is 0 Å². The molecule has 3 heterocycles. The zero-order valence-corrected chi connectivity index (χ0v) is 29.1. The van der Waals surface area contributed by atoms with Crippen molar-refractivity contribution in [2.45, 2.75) is 56.5 Å². The normalized spacial score (nSPS) is 17.5. The number of benzene rings is 2. The molecule has 54 heavy (non-hydrogen) atoms. The van der Waals surface area contributed by atoms with Crippen LogP contribution in [0, 0.1) is 41.2 Å². The van der Waals surface area contributed by atoms with Crippen molar-refractivity contribution >= 4 is 34.2 Å². The maximum atomic E-state index is 15.5. The Hall–Kier alpha value is -5.58. The standard InChI is InChI=1S/C37H27ClF7N7O2/c1-35(2,54)11-10-20-4-5-21(22-7-9-25(38)29-31(22)51(3)50-34(29)46)30(47-20)26(14-17-12-18(39)15-19(40)13-17)48-27(53)16-52-33-28(32(49-52)37(43,44)45)23-6-8-24(23)36(33,41)42/h4-5,7,9,12-13,15,23-24,26,54H,14,16H2,1-3H3,(H2,46,50)(H,48,53)/t23-,24+,26-/m0/s1. The number of halogens is 8. The monoisotopic (exact) mass is 769 g/mol. The van der Waals surface area contributed by atoms with E-state index < -0.39 is 76.6 Å². The second-order valence-corrected chi connectivity index (χ2v) is 13.9. The largest absolute Gasteiger partial charge is 0.435 e. The summed E-state index contributed by atoms with van der Waals surface area (Å²) in [4.78, 5) is 18.5. The summed E-state index contributed by atoms with van der Waals surface area (Å²) in [5.74, 6) is 0.139. The Labute approximate surface area is 307 Å². The van der Waals surface area contributed by atoms with Gasteiger partial charge in [0.1, 0.15) is 41.1 Å². The molecule has 4 N–H and O–H groups in total. The van der Waals surface area contributed by atoms with Crippen LogP contribution in [0.3, 0.4) is 0 Å². The maximum absolute atomic E-state index is 15.5. The van der Waals surface area contributed by atoms with Gasteiger partial charge < -0.3 is 16.2 Å². The molecule has 9 nitrogen and oxygen atoms in total. The Kier molecular flexibility index (Phi) is 8.70. The molecule has 3 aromatic heterocycles. The van der Waals surface area contributed by atoms with Gasteiger partial charge in [0.25, 0.3) is 0 Å². The van der Waals surface area contributed by atoms with Crippen molar-refractivity contribution in [1.82, 2.24) is 29.9 Å². The number of nitrogens with one attached hydrogen (secondary N) is 1. The van der Waals surface area contributed by atoms with Crippen LogP contribution in [0.4, 0.5) is 36.6 Å². The fourth-order valence-corrected chi connectivity index (χ4v) is 7.07. The van der Waals surface area contributed by atoms with E-state index in [-0.39, 0.29) is 34.2 Å². The molecular formula is C37H27ClF7N7O2. The number of amides is 1. The number of anilines is 1. The summed E-state index contributed by atoms with van der Waals surface area (Å²) in [6.45, 7) is 1.77. The van der Waals surface area contributed by atoms with Gasteiger partial charge >= 0.3 is 12.1 Å². The predicted octanol–water partition coefficient (Wildman–Crippen LogP) is 6.41. The van der Waals surface area contributed by atoms with Gasteiger partial charge in [-0.1, -0.05) is 35.4 Å². The third-order valence-corrected chi connectivity index (χ3v) is 9.31. The predicted molar refractivity (Wildman–Crippen MR) is 183 cm³/mol. The fraction of sp³-hybridized carbons (Fsp3) is 0.297. The zero-order chi connectivity index (χ0) is 39.1. The third-order valence-electron chi connectivity index (χ3n) is 9.00. The lowest BCUT2D eigenvalue weighted by Crippen LogP contribution is -2.36. The van der Waals surface area contributed by atoms with E-state index in [9.17, 15) is 31.9 Å². The second-order valence-electron chi connectivity index (χ2n) is 13.5. The highest BCUT2D eigenvalue weighted by Gasteiger charge is 2.62. The number of fused-ring (bicyclic) bond motifs is 4. The molecule has 0 saturated heterocycles. The number of aliphatic hydroxyl groups is 1. The number of aryl methyl sites for hydroxylation is 1. The zero-order valence-electron chi connectivity index (χ0n) is 28.4. The van der Waals surface area contributed by atoms with E-state index in [1.54, 1.807) is 25.2 Å². The number of aromatic nitrogens is 5. The second kappa shape index (κ2) is 12.8. The number of alkyl halides is 5. The number of carbonyl (C=O) groups excluding carboxylic acids is 1. The lowest BCUT2D eigenvalue weighted by molar-refractivity contribution is -0.142. The SMILES string of the molecule is Cn1nc(N)c2c(Cl)ccc(-c3ccc(C#CC(C)(C)O)nc3[C@H](Cc3cc(F)cc(F)c3)NC(=O)Cn3nc(C(F)(F)F)c4c3C(F)(F)[C@@H]3C#C[C@H]43)c21. The Morgan fingerprint density at radius 1 is 1.09 bits per heavy atom. The molecule has 7 rings (SSSR count). The molecule has 0 fully saturated rings. The van der Waals surface area contributed by atoms with Crippen LogP contribution in [-0.2, 0) is 36.9 Å². The molecule has 2 aromatic carbocycles. The van der Waals surface area contributed by atoms with Crippen LogP contribution >= 0.6 is 11.6 Å². The number of pyridine rings is 1. The first-order valence-corrected chi connectivity index (χ1v) is 16.6. The first-order valence-electron chi connectivity index (χ1n) is 16.2. The third kappa shape index (κ3) is 6.50. The van der Waals surface area contributed by atoms with Crippen LogP contribution in [-0.4, -0.2) is 41.2 Å². The highest BCUT2D eigenvalue weighted by molar-refractivity contribution is 6.37. The minimum Gasteiger partial charge on any atom is -0.382 e. The average Bonchev–Trinajstić information content (AvgIpc) is 3.60. The van der Waals surface area contributed by atoms with Gasteiger partial charge in [0, 0.05) is 29.8 Å². The molecule has 0 unspecified atom stereocenters. The molecule has 2 aliphatic carbocycles. The Morgan fingerprint density at radius 2 is 1.78 bits per heavy atom. The van der Waals surface area contributed by atoms with Gasteiger partial charge in [0.05, 0.1) is 33.6 Å². The fourth-order valence-electron chi connectivity index (χ4n) is 6.82. The Bertz CT molecular complexity index is 2500. The number of carbonyl (C=O) groups is 1. The first-order chi connectivity index (χ1) is 25.2. The summed E-state index contributed by atoms with van der Waals surface area (Å²) in [7, 11) is 1.61. The van der Waals surface area contributed by atoms with Crippen molar-refractivity contribution in [1.29, 1.82) is 0 Å². The van der Waals surface area contributed by atoms with Crippen molar-refractivity contribution in [3.05, 3.63) is 93.0 Å². The summed E-state index contributed by atoms with van der Waals surface area (Å²) in [6.07, 6.45) is -5.48. The molecule has 0 bridgehead atoms. The molecule has 0 spiro atoms. The molecule has 17 heteroatoms. The summed E-state index contributed by atoms with van der Waals surface area (Å²) in [6, 6.07) is 7.59. The lowest BCUT2D eigenvalue weighted by atomic mass is 9.84. The molecule has 0 saturated carbocycles. The van der Waals surface area contributed by atoms with Crippen molar-refractivity contribution in [2.75, 3.05) is 5.73 Å². The topological polar surface area (TPSA) is 124 Å². The summed E-state index contributed by atoms with van der Waals surface area (Å²) >= 11 is 6.48. The van der Waals surface area contributed by atoms with E-state index in [1.165, 1.54) is 24.6 Å². The summed E-state index contributed by atoms with van der Waals surface area (Å²) in [5.41, 5.74) is 2.63. The van der Waals surface area contributed by atoms with Gasteiger partial charge in [-0.15, -0.1) is 0 Å². The lowest BCUT2D eigenvalue weighted by Gasteiger charge is -2.24. The smallest absolute Gasteiger partial charge is 0.382 e. The first kappa shape index (κ1) is 36.8. The van der Waals surface area contributed by atoms with Crippen molar-refractivity contribution < 1.29 is 40.6 Å². The maximum Gasteiger partial charge on any atom is 0.435 e. The summed E-state index contributed by atoms with van der Waals surface area (Å²) < 4.78 is 104. The number of hydrogen-bond acceptors (Lipinski definition) is 6.